The Morgan fingerprint density at radius 3 is 1.69 bits per heavy atom. The van der Waals surface area contributed by atoms with Crippen LogP contribution >= 0.6 is 7.82 Å². The molecular weight excluding hydrogens is 647 g/mol. The maximum Gasteiger partial charge on any atom is 0.472 e. The number of allylic oxidation sites excluding steroid dienone is 8. The Labute approximate surface area is 296 Å². The molecule has 3 N–H and O–H groups in total. The van der Waals surface area contributed by atoms with Crippen LogP contribution in [0.3, 0.4) is 0 Å². The third-order valence-electron chi connectivity index (χ3n) is 7.59. The number of hydrogen-bond donors (Lipinski definition) is 3. The van der Waals surface area contributed by atoms with E-state index in [0.717, 1.165) is 44.9 Å². The van der Waals surface area contributed by atoms with E-state index in [-0.39, 0.29) is 19.4 Å². The van der Waals surface area contributed by atoms with E-state index in [2.05, 4.69) is 30.5 Å². The summed E-state index contributed by atoms with van der Waals surface area (Å²) >= 11 is 0. The van der Waals surface area contributed by atoms with Crippen LogP contribution in [0.4, 0.5) is 0 Å². The van der Waals surface area contributed by atoms with E-state index in [4.69, 9.17) is 19.1 Å². The zero-order chi connectivity index (χ0) is 36.3. The highest BCUT2D eigenvalue weighted by Crippen LogP contribution is 2.43. The van der Waals surface area contributed by atoms with Crippen LogP contribution in [0.15, 0.2) is 48.6 Å². The second-order valence-electron chi connectivity index (χ2n) is 12.3. The third kappa shape index (κ3) is 34.2. The monoisotopic (exact) mass is 714 g/mol. The van der Waals surface area contributed by atoms with Crippen LogP contribution < -0.4 is 0 Å². The molecule has 0 aliphatic heterocycles. The van der Waals surface area contributed by atoms with Gasteiger partial charge in [-0.3, -0.25) is 18.6 Å². The largest absolute Gasteiger partial charge is 0.472 e. The molecule has 10 nitrogen and oxygen atoms in total. The molecule has 0 spiro atoms. The van der Waals surface area contributed by atoms with Gasteiger partial charge in [-0.05, 0) is 32.1 Å². The second-order valence-corrected chi connectivity index (χ2v) is 13.8. The molecule has 2 unspecified atom stereocenters. The molecule has 0 rings (SSSR count). The highest BCUT2D eigenvalue weighted by molar-refractivity contribution is 7.47. The number of hydrogen-bond acceptors (Lipinski definition) is 9. The maximum absolute atomic E-state index is 12.5. The standard InChI is InChI=1S/C38H67O10P/c1-3-5-7-9-11-13-15-17-19-21-23-25-27-29-37(41)45-33-36(34-47-49(43,44)46-32-35(40)31-39)48-38(42)30-28-26-24-22-20-18-16-14-12-10-8-6-4-2/h6,8,10,12,14,16,18,20,35-36,39-40H,3-5,7,9,11,13,15,17,19,21-34H2,1-2H3,(H,43,44)/b8-6+,12-10+,16-14+,20-18+/t35-,36?/m0/s1. The lowest BCUT2D eigenvalue weighted by molar-refractivity contribution is -0.161. The molecule has 0 aromatic heterocycles. The van der Waals surface area contributed by atoms with Crippen molar-refractivity contribution in [1.82, 2.24) is 0 Å². The number of esters is 2. The highest BCUT2D eigenvalue weighted by atomic mass is 31.2. The molecule has 11 heteroatoms. The molecule has 0 aromatic rings. The summed E-state index contributed by atoms with van der Waals surface area (Å²) in [5, 5.41) is 18.3. The summed E-state index contributed by atoms with van der Waals surface area (Å²) < 4.78 is 32.5. The van der Waals surface area contributed by atoms with E-state index in [0.29, 0.717) is 12.8 Å². The van der Waals surface area contributed by atoms with Gasteiger partial charge in [0.05, 0.1) is 19.8 Å². The van der Waals surface area contributed by atoms with Crippen molar-refractivity contribution in [3.05, 3.63) is 48.6 Å². The van der Waals surface area contributed by atoms with Crippen molar-refractivity contribution in [3.8, 4) is 0 Å². The van der Waals surface area contributed by atoms with Gasteiger partial charge >= 0.3 is 19.8 Å². The molecule has 0 amide bonds. The Hall–Kier alpha value is -2.07. The maximum atomic E-state index is 12.5. The molecule has 0 aliphatic carbocycles. The van der Waals surface area contributed by atoms with Crippen LogP contribution in [0.5, 0.6) is 0 Å². The first kappa shape index (κ1) is 46.9. The fraction of sp³-hybridized carbons (Fsp3) is 0.737. The fourth-order valence-corrected chi connectivity index (χ4v) is 5.50. The molecule has 0 radical (unpaired) electrons. The van der Waals surface area contributed by atoms with Gasteiger partial charge in [-0.15, -0.1) is 0 Å². The molecule has 0 saturated carbocycles. The van der Waals surface area contributed by atoms with Gasteiger partial charge in [-0.1, -0.05) is 146 Å². The van der Waals surface area contributed by atoms with Gasteiger partial charge in [0.25, 0.3) is 0 Å². The number of carbonyl (C=O) groups excluding carboxylic acids is 2. The molecule has 0 aromatic carbocycles. The summed E-state index contributed by atoms with van der Waals surface area (Å²) in [6.45, 7) is 2.16. The van der Waals surface area contributed by atoms with E-state index in [1.165, 1.54) is 57.8 Å². The zero-order valence-electron chi connectivity index (χ0n) is 30.4. The van der Waals surface area contributed by atoms with Crippen LogP contribution in [-0.4, -0.2) is 65.7 Å². The number of unbranched alkanes of at least 4 members (excludes halogenated alkanes) is 15. The van der Waals surface area contributed by atoms with E-state index < -0.39 is 51.8 Å². The average molecular weight is 715 g/mol. The zero-order valence-corrected chi connectivity index (χ0v) is 31.3. The van der Waals surface area contributed by atoms with Gasteiger partial charge in [0.2, 0.25) is 0 Å². The molecule has 3 atom stereocenters. The van der Waals surface area contributed by atoms with Gasteiger partial charge in [0.15, 0.2) is 6.10 Å². The fourth-order valence-electron chi connectivity index (χ4n) is 4.71. The van der Waals surface area contributed by atoms with Crippen molar-refractivity contribution >= 4 is 19.8 Å². The van der Waals surface area contributed by atoms with Crippen LogP contribution in [0.1, 0.15) is 142 Å². The van der Waals surface area contributed by atoms with E-state index >= 15 is 0 Å². The SMILES string of the molecule is CC/C=C/C=C/C=C/C=C/CCCCCC(=O)OC(COC(=O)CCCCCCCCCCCCCCC)COP(=O)(O)OC[C@@H](O)CO. The van der Waals surface area contributed by atoms with E-state index in [1.807, 2.05) is 36.5 Å². The van der Waals surface area contributed by atoms with Crippen molar-refractivity contribution in [2.45, 2.75) is 154 Å². The van der Waals surface area contributed by atoms with Crippen LogP contribution in [0.2, 0.25) is 0 Å². The van der Waals surface area contributed by atoms with Gasteiger partial charge < -0.3 is 24.6 Å². The van der Waals surface area contributed by atoms with Crippen LogP contribution in [0, 0.1) is 0 Å². The average Bonchev–Trinajstić information content (AvgIpc) is 3.09. The van der Waals surface area contributed by atoms with Gasteiger partial charge in [-0.25, -0.2) is 4.57 Å². The number of carbonyl (C=O) groups is 2. The molecule has 49 heavy (non-hydrogen) atoms. The van der Waals surface area contributed by atoms with Crippen LogP contribution in [-0.2, 0) is 32.7 Å². The summed E-state index contributed by atoms with van der Waals surface area (Å²) in [5.41, 5.74) is 0. The Kier molecular flexibility index (Phi) is 32.9. The lowest BCUT2D eigenvalue weighted by Gasteiger charge is -2.20. The second kappa shape index (κ2) is 34.4. The number of phosphoric ester groups is 1. The summed E-state index contributed by atoms with van der Waals surface area (Å²) in [6, 6.07) is 0. The number of phosphoric acid groups is 1. The molecular formula is C38H67O10P. The summed E-state index contributed by atoms with van der Waals surface area (Å²) in [7, 11) is -4.62. The molecule has 0 heterocycles. The van der Waals surface area contributed by atoms with Crippen molar-refractivity contribution in [3.63, 3.8) is 0 Å². The number of aliphatic hydroxyl groups is 2. The summed E-state index contributed by atoms with van der Waals surface area (Å²) in [5.74, 6) is -0.973. The first-order valence-corrected chi connectivity index (χ1v) is 20.1. The minimum absolute atomic E-state index is 0.138. The quantitative estimate of drug-likeness (QED) is 0.0255. The molecule has 0 fully saturated rings. The normalized spacial score (nSPS) is 14.6. The van der Waals surface area contributed by atoms with E-state index in [1.54, 1.807) is 0 Å². The Balaban J connectivity index is 4.45. The molecule has 0 bridgehead atoms. The first-order valence-electron chi connectivity index (χ1n) is 18.6. The van der Waals surface area contributed by atoms with E-state index in [9.17, 15) is 24.2 Å². The molecule has 0 saturated heterocycles. The topological polar surface area (TPSA) is 149 Å². The Morgan fingerprint density at radius 2 is 1.12 bits per heavy atom. The predicted molar refractivity (Wildman–Crippen MR) is 196 cm³/mol. The van der Waals surface area contributed by atoms with Crippen molar-refractivity contribution in [1.29, 1.82) is 0 Å². The van der Waals surface area contributed by atoms with Crippen molar-refractivity contribution in [2.24, 2.45) is 0 Å². The lowest BCUT2D eigenvalue weighted by atomic mass is 10.0. The molecule has 284 valence electrons. The minimum Gasteiger partial charge on any atom is -0.462 e. The van der Waals surface area contributed by atoms with Crippen molar-refractivity contribution in [2.75, 3.05) is 26.4 Å². The number of ether oxygens (including phenoxy) is 2. The van der Waals surface area contributed by atoms with Gasteiger partial charge in [-0.2, -0.15) is 0 Å². The molecule has 0 aliphatic rings. The summed E-state index contributed by atoms with van der Waals surface area (Å²) in [4.78, 5) is 34.8. The third-order valence-corrected chi connectivity index (χ3v) is 8.54. The van der Waals surface area contributed by atoms with Gasteiger partial charge in [0, 0.05) is 12.8 Å². The smallest absolute Gasteiger partial charge is 0.462 e. The Morgan fingerprint density at radius 1 is 0.633 bits per heavy atom. The number of rotatable bonds is 34. The first-order chi connectivity index (χ1) is 23.7. The minimum atomic E-state index is -4.62. The summed E-state index contributed by atoms with van der Waals surface area (Å²) in [6.07, 6.45) is 33.7. The van der Waals surface area contributed by atoms with Crippen LogP contribution in [0.25, 0.3) is 0 Å². The highest BCUT2D eigenvalue weighted by Gasteiger charge is 2.27. The van der Waals surface area contributed by atoms with Crippen molar-refractivity contribution < 1.29 is 47.8 Å². The predicted octanol–water partition coefficient (Wildman–Crippen LogP) is 8.99. The number of aliphatic hydroxyl groups excluding tert-OH is 2. The Bertz CT molecular complexity index is 962. The van der Waals surface area contributed by atoms with Gasteiger partial charge in [0.1, 0.15) is 12.7 Å². The lowest BCUT2D eigenvalue weighted by Crippen LogP contribution is -2.29.